The molecule has 0 saturated carbocycles. The van der Waals surface area contributed by atoms with E-state index >= 15 is 0 Å². The van der Waals surface area contributed by atoms with Gasteiger partial charge in [-0.15, -0.1) is 0 Å². The molecule has 0 aromatic carbocycles. The van der Waals surface area contributed by atoms with Crippen molar-refractivity contribution in [2.75, 3.05) is 0 Å². The number of nitrogens with zero attached hydrogens (tertiary/aromatic N) is 1. The van der Waals surface area contributed by atoms with Crippen LogP contribution in [0.15, 0.2) is 54.3 Å². The van der Waals surface area contributed by atoms with E-state index in [9.17, 15) is 0 Å². The van der Waals surface area contributed by atoms with Crippen molar-refractivity contribution in [1.29, 1.82) is 0 Å². The van der Waals surface area contributed by atoms with Crippen molar-refractivity contribution in [2.45, 2.75) is 13.2 Å². The van der Waals surface area contributed by atoms with Gasteiger partial charge in [0.25, 0.3) is 0 Å². The predicted molar refractivity (Wildman–Crippen MR) is 55.5 cm³/mol. The first kappa shape index (κ1) is 8.30. The molecule has 0 radical (unpaired) electrons. The molecule has 0 N–H and O–H groups in total. The molecule has 0 bridgehead atoms. The minimum Gasteiger partial charge on any atom is -0.286 e. The van der Waals surface area contributed by atoms with Gasteiger partial charge in [0.1, 0.15) is 12.4 Å². The first-order chi connectivity index (χ1) is 6.36. The van der Waals surface area contributed by atoms with Gasteiger partial charge in [0.15, 0.2) is 0 Å². The van der Waals surface area contributed by atoms with E-state index in [0.717, 1.165) is 6.32 Å². The van der Waals surface area contributed by atoms with E-state index in [1.807, 2.05) is 6.07 Å². The highest BCUT2D eigenvalue weighted by Gasteiger charge is 2.24. The van der Waals surface area contributed by atoms with Gasteiger partial charge >= 0.3 is 6.85 Å². The van der Waals surface area contributed by atoms with Crippen LogP contribution in [0.3, 0.4) is 0 Å². The zero-order valence-corrected chi connectivity index (χ0v) is 7.85. The van der Waals surface area contributed by atoms with E-state index in [4.69, 9.17) is 0 Å². The third-order valence-electron chi connectivity index (χ3n) is 2.38. The lowest BCUT2D eigenvalue weighted by Gasteiger charge is -2.04. The molecule has 0 saturated heterocycles. The molecule has 13 heavy (non-hydrogen) atoms. The Balaban J connectivity index is 2.18. The highest BCUT2D eigenvalue weighted by molar-refractivity contribution is 6.56. The van der Waals surface area contributed by atoms with Crippen LogP contribution < -0.4 is 4.48 Å². The molecule has 0 fully saturated rings. The van der Waals surface area contributed by atoms with E-state index in [1.54, 1.807) is 0 Å². The van der Waals surface area contributed by atoms with Gasteiger partial charge in [-0.05, 0) is 25.0 Å². The Morgan fingerprint density at radius 2 is 2.00 bits per heavy atom. The third-order valence-corrected chi connectivity index (χ3v) is 2.38. The van der Waals surface area contributed by atoms with Gasteiger partial charge < -0.3 is 0 Å². The molecule has 1 nitrogen and oxygen atoms in total. The standard InChI is InChI=1S/C11H13BN/c1-11-5-7-12(8-6-11)13-9-3-2-4-10-13/h2-7,9-10H,8H2,1H3/q+1. The number of hydrogen-bond acceptors (Lipinski definition) is 0. The summed E-state index contributed by atoms with van der Waals surface area (Å²) in [6.45, 7) is 2.65. The average molecular weight is 170 g/mol. The molecule has 0 spiro atoms. The topological polar surface area (TPSA) is 3.88 Å². The van der Waals surface area contributed by atoms with Crippen LogP contribution in [0, 0.1) is 0 Å². The van der Waals surface area contributed by atoms with Gasteiger partial charge in [-0.25, -0.2) is 0 Å². The number of aromatic nitrogens is 1. The van der Waals surface area contributed by atoms with Crippen LogP contribution in [0.25, 0.3) is 0 Å². The second-order valence-corrected chi connectivity index (χ2v) is 3.43. The Morgan fingerprint density at radius 3 is 2.62 bits per heavy atom. The summed E-state index contributed by atoms with van der Waals surface area (Å²) in [5, 5.41) is 0. The molecule has 1 aliphatic rings. The Hall–Kier alpha value is -1.31. The van der Waals surface area contributed by atoms with Gasteiger partial charge in [0.2, 0.25) is 0 Å². The first-order valence-corrected chi connectivity index (χ1v) is 4.67. The van der Waals surface area contributed by atoms with Gasteiger partial charge in [0.05, 0.1) is 0 Å². The first-order valence-electron chi connectivity index (χ1n) is 4.67. The lowest BCUT2D eigenvalue weighted by atomic mass is 9.56. The molecule has 2 rings (SSSR count). The summed E-state index contributed by atoms with van der Waals surface area (Å²) in [4.78, 5) is 0. The zero-order valence-electron chi connectivity index (χ0n) is 7.85. The summed E-state index contributed by atoms with van der Waals surface area (Å²) >= 11 is 0. The highest BCUT2D eigenvalue weighted by Crippen LogP contribution is 2.07. The Labute approximate surface area is 79.5 Å². The van der Waals surface area contributed by atoms with Crippen molar-refractivity contribution in [2.24, 2.45) is 0 Å². The SMILES string of the molecule is CC1=CCB([n+]2ccccc2)C=C1. The van der Waals surface area contributed by atoms with Crippen molar-refractivity contribution in [1.82, 2.24) is 0 Å². The Bertz CT molecular complexity index is 340. The van der Waals surface area contributed by atoms with E-state index < -0.39 is 0 Å². The number of pyridine rings is 1. The third kappa shape index (κ3) is 1.89. The molecular weight excluding hydrogens is 157 g/mol. The lowest BCUT2D eigenvalue weighted by molar-refractivity contribution is -0.536. The second-order valence-electron chi connectivity index (χ2n) is 3.43. The van der Waals surface area contributed by atoms with Gasteiger partial charge in [-0.1, -0.05) is 23.8 Å². The monoisotopic (exact) mass is 170 g/mol. The van der Waals surface area contributed by atoms with E-state index in [0.29, 0.717) is 6.85 Å². The highest BCUT2D eigenvalue weighted by atomic mass is 14.8. The maximum atomic E-state index is 2.28. The molecule has 0 unspecified atom stereocenters. The summed E-state index contributed by atoms with van der Waals surface area (Å²) in [7, 11) is 0. The Morgan fingerprint density at radius 1 is 1.23 bits per heavy atom. The molecule has 1 aromatic heterocycles. The number of allylic oxidation sites excluding steroid dienone is 3. The quantitative estimate of drug-likeness (QED) is 0.566. The maximum absolute atomic E-state index is 2.28. The summed E-state index contributed by atoms with van der Waals surface area (Å²) in [5.41, 5.74) is 1.37. The fourth-order valence-corrected chi connectivity index (χ4v) is 1.57. The van der Waals surface area contributed by atoms with E-state index in [2.05, 4.69) is 54.1 Å². The largest absolute Gasteiger partial charge is 0.520 e. The maximum Gasteiger partial charge on any atom is 0.520 e. The van der Waals surface area contributed by atoms with Crippen molar-refractivity contribution >= 4 is 6.85 Å². The minimum absolute atomic E-state index is 0.505. The molecule has 0 aliphatic carbocycles. The number of hydrogen-bond donors (Lipinski definition) is 0. The molecule has 0 amide bonds. The second kappa shape index (κ2) is 3.61. The van der Waals surface area contributed by atoms with Gasteiger partial charge in [-0.3, -0.25) is 4.48 Å². The zero-order chi connectivity index (χ0) is 9.10. The van der Waals surface area contributed by atoms with Crippen LogP contribution in [0.1, 0.15) is 6.92 Å². The van der Waals surface area contributed by atoms with Crippen LogP contribution in [-0.2, 0) is 0 Å². The smallest absolute Gasteiger partial charge is 0.286 e. The summed E-state index contributed by atoms with van der Waals surface area (Å²) in [6, 6.07) is 6.18. The van der Waals surface area contributed by atoms with Crippen LogP contribution in [0.2, 0.25) is 6.32 Å². The van der Waals surface area contributed by atoms with Gasteiger partial charge in [0, 0.05) is 6.32 Å². The van der Waals surface area contributed by atoms with E-state index in [1.165, 1.54) is 5.57 Å². The fourth-order valence-electron chi connectivity index (χ4n) is 1.57. The van der Waals surface area contributed by atoms with Crippen LogP contribution >= 0.6 is 0 Å². The summed E-state index contributed by atoms with van der Waals surface area (Å²) < 4.78 is 2.24. The lowest BCUT2D eigenvalue weighted by Crippen LogP contribution is -2.49. The van der Waals surface area contributed by atoms with Crippen LogP contribution in [0.5, 0.6) is 0 Å². The average Bonchev–Trinajstić information content (AvgIpc) is 2.20. The molecule has 0 atom stereocenters. The summed E-state index contributed by atoms with van der Waals surface area (Å²) in [5.74, 6) is 2.26. The molecule has 1 aromatic rings. The van der Waals surface area contributed by atoms with Crippen LogP contribution in [0.4, 0.5) is 0 Å². The van der Waals surface area contributed by atoms with E-state index in [-0.39, 0.29) is 0 Å². The Kier molecular flexibility index (Phi) is 2.30. The fraction of sp³-hybridized carbons (Fsp3) is 0.182. The molecule has 2 heteroatoms. The molecule has 1 aliphatic heterocycles. The number of rotatable bonds is 1. The molecular formula is C11H13BN+. The van der Waals surface area contributed by atoms with Gasteiger partial charge in [-0.2, -0.15) is 0 Å². The van der Waals surface area contributed by atoms with Crippen molar-refractivity contribution in [3.8, 4) is 0 Å². The predicted octanol–water partition coefficient (Wildman–Crippen LogP) is 1.87. The molecule has 64 valence electrons. The van der Waals surface area contributed by atoms with Crippen LogP contribution in [-0.4, -0.2) is 6.85 Å². The molecule has 2 heterocycles. The minimum atomic E-state index is 0.505. The summed E-state index contributed by atoms with van der Waals surface area (Å²) in [6.07, 6.45) is 9.81. The van der Waals surface area contributed by atoms with Crippen molar-refractivity contribution in [3.05, 3.63) is 54.3 Å². The normalized spacial score (nSPS) is 15.8. The van der Waals surface area contributed by atoms with Crippen molar-refractivity contribution in [3.63, 3.8) is 0 Å². The van der Waals surface area contributed by atoms with Crippen molar-refractivity contribution < 1.29 is 4.48 Å².